The molecule has 16 heavy (non-hydrogen) atoms. The van der Waals surface area contributed by atoms with Crippen LogP contribution in [0.5, 0.6) is 0 Å². The van der Waals surface area contributed by atoms with E-state index >= 15 is 0 Å². The van der Waals surface area contributed by atoms with E-state index in [1.165, 1.54) is 0 Å². The number of nitrogens with two attached hydrogens (primary N) is 1. The molecule has 0 bridgehead atoms. The lowest BCUT2D eigenvalue weighted by Crippen LogP contribution is -2.34. The summed E-state index contributed by atoms with van der Waals surface area (Å²) in [5, 5.41) is 11.1. The normalized spacial score (nSPS) is 20.9. The zero-order chi connectivity index (χ0) is 11.6. The first kappa shape index (κ1) is 11.9. The van der Waals surface area contributed by atoms with Crippen LogP contribution in [0.1, 0.15) is 37.4 Å². The van der Waals surface area contributed by atoms with E-state index in [4.69, 9.17) is 17.3 Å². The summed E-state index contributed by atoms with van der Waals surface area (Å²) in [6.45, 7) is 0.527. The molecule has 0 saturated heterocycles. The van der Waals surface area contributed by atoms with E-state index < -0.39 is 6.10 Å². The fourth-order valence-electron chi connectivity index (χ4n) is 2.70. The van der Waals surface area contributed by atoms with Crippen LogP contribution < -0.4 is 5.73 Å². The molecule has 1 fully saturated rings. The molecule has 1 aliphatic rings. The Morgan fingerprint density at radius 2 is 1.94 bits per heavy atom. The van der Waals surface area contributed by atoms with Gasteiger partial charge < -0.3 is 10.8 Å². The first-order valence-corrected chi connectivity index (χ1v) is 6.20. The van der Waals surface area contributed by atoms with Crippen molar-refractivity contribution in [2.24, 2.45) is 11.1 Å². The van der Waals surface area contributed by atoms with Crippen LogP contribution in [0, 0.1) is 5.41 Å². The van der Waals surface area contributed by atoms with Crippen LogP contribution in [0.25, 0.3) is 0 Å². The van der Waals surface area contributed by atoms with Crippen LogP contribution in [-0.2, 0) is 0 Å². The molecular formula is C13H18ClNO. The molecule has 0 spiro atoms. The van der Waals surface area contributed by atoms with Gasteiger partial charge in [0.1, 0.15) is 0 Å². The summed E-state index contributed by atoms with van der Waals surface area (Å²) in [4.78, 5) is 0. The third kappa shape index (κ3) is 1.97. The Labute approximate surface area is 101 Å². The van der Waals surface area contributed by atoms with Crippen LogP contribution in [-0.4, -0.2) is 11.7 Å². The molecule has 3 N–H and O–H groups in total. The molecule has 0 radical (unpaired) electrons. The van der Waals surface area contributed by atoms with Gasteiger partial charge in [-0.3, -0.25) is 0 Å². The Bertz CT molecular complexity index is 361. The zero-order valence-electron chi connectivity index (χ0n) is 9.32. The number of aliphatic hydroxyl groups excluding tert-OH is 1. The highest BCUT2D eigenvalue weighted by molar-refractivity contribution is 6.31. The number of aliphatic hydroxyl groups is 1. The summed E-state index contributed by atoms with van der Waals surface area (Å²) in [5.41, 5.74) is 6.51. The minimum Gasteiger partial charge on any atom is -0.388 e. The van der Waals surface area contributed by atoms with Crippen molar-refractivity contribution in [2.75, 3.05) is 6.54 Å². The van der Waals surface area contributed by atoms with Gasteiger partial charge in [0, 0.05) is 17.0 Å². The van der Waals surface area contributed by atoms with Crippen molar-refractivity contribution in [2.45, 2.75) is 31.8 Å². The fourth-order valence-corrected chi connectivity index (χ4v) is 2.93. The van der Waals surface area contributed by atoms with Gasteiger partial charge >= 0.3 is 0 Å². The molecule has 1 aromatic carbocycles. The molecule has 3 heteroatoms. The topological polar surface area (TPSA) is 46.2 Å². The molecule has 1 unspecified atom stereocenters. The Morgan fingerprint density at radius 1 is 1.31 bits per heavy atom. The van der Waals surface area contributed by atoms with E-state index in [1.807, 2.05) is 24.3 Å². The molecule has 0 aliphatic heterocycles. The highest BCUT2D eigenvalue weighted by Crippen LogP contribution is 2.47. The van der Waals surface area contributed by atoms with Crippen molar-refractivity contribution in [3.63, 3.8) is 0 Å². The molecule has 0 heterocycles. The van der Waals surface area contributed by atoms with Gasteiger partial charge in [-0.25, -0.2) is 0 Å². The first-order chi connectivity index (χ1) is 7.69. The number of halogens is 1. The number of hydrogen-bond acceptors (Lipinski definition) is 2. The van der Waals surface area contributed by atoms with Gasteiger partial charge in [-0.15, -0.1) is 0 Å². The van der Waals surface area contributed by atoms with E-state index in [0.717, 1.165) is 31.2 Å². The molecule has 88 valence electrons. The van der Waals surface area contributed by atoms with Crippen molar-refractivity contribution in [1.29, 1.82) is 0 Å². The summed E-state index contributed by atoms with van der Waals surface area (Å²) in [6.07, 6.45) is 3.76. The molecule has 1 saturated carbocycles. The summed E-state index contributed by atoms with van der Waals surface area (Å²) in [5.74, 6) is 0. The van der Waals surface area contributed by atoms with Crippen molar-refractivity contribution >= 4 is 11.6 Å². The maximum Gasteiger partial charge on any atom is 0.0872 e. The second-order valence-corrected chi connectivity index (χ2v) is 5.10. The van der Waals surface area contributed by atoms with Crippen LogP contribution in [0.2, 0.25) is 5.02 Å². The van der Waals surface area contributed by atoms with Gasteiger partial charge in [-0.1, -0.05) is 42.6 Å². The molecule has 0 amide bonds. The van der Waals surface area contributed by atoms with Crippen molar-refractivity contribution in [1.82, 2.24) is 0 Å². The van der Waals surface area contributed by atoms with Gasteiger partial charge in [-0.05, 0) is 24.5 Å². The average molecular weight is 240 g/mol. The highest BCUT2D eigenvalue weighted by Gasteiger charge is 2.40. The Kier molecular flexibility index (Phi) is 3.53. The van der Waals surface area contributed by atoms with E-state index in [-0.39, 0.29) is 5.41 Å². The van der Waals surface area contributed by atoms with Crippen LogP contribution in [0.15, 0.2) is 24.3 Å². The van der Waals surface area contributed by atoms with Crippen LogP contribution in [0.3, 0.4) is 0 Å². The molecule has 1 atom stereocenters. The Morgan fingerprint density at radius 3 is 2.50 bits per heavy atom. The van der Waals surface area contributed by atoms with Crippen LogP contribution in [0.4, 0.5) is 0 Å². The summed E-state index contributed by atoms with van der Waals surface area (Å²) < 4.78 is 0. The smallest absolute Gasteiger partial charge is 0.0872 e. The van der Waals surface area contributed by atoms with Gasteiger partial charge in [0.2, 0.25) is 0 Å². The third-order valence-electron chi connectivity index (χ3n) is 3.79. The quantitative estimate of drug-likeness (QED) is 0.852. The third-order valence-corrected chi connectivity index (χ3v) is 4.13. The highest BCUT2D eigenvalue weighted by atomic mass is 35.5. The summed E-state index contributed by atoms with van der Waals surface area (Å²) in [7, 11) is 0. The molecule has 2 rings (SSSR count). The van der Waals surface area contributed by atoms with Crippen LogP contribution >= 0.6 is 11.6 Å². The minimum absolute atomic E-state index is 0.162. The Balaban J connectivity index is 2.30. The first-order valence-electron chi connectivity index (χ1n) is 5.82. The lowest BCUT2D eigenvalue weighted by atomic mass is 9.77. The van der Waals surface area contributed by atoms with E-state index in [0.29, 0.717) is 11.6 Å². The van der Waals surface area contributed by atoms with Gasteiger partial charge in [0.05, 0.1) is 6.10 Å². The second-order valence-electron chi connectivity index (χ2n) is 4.70. The van der Waals surface area contributed by atoms with Crippen molar-refractivity contribution in [3.05, 3.63) is 34.9 Å². The standard InChI is InChI=1S/C13H18ClNO/c14-11-6-2-1-5-10(11)12(16)13(9-15)7-3-4-8-13/h1-2,5-6,12,16H,3-4,7-9,15H2. The number of hydrogen-bond donors (Lipinski definition) is 2. The van der Waals surface area contributed by atoms with Crippen molar-refractivity contribution < 1.29 is 5.11 Å². The second kappa shape index (κ2) is 4.74. The lowest BCUT2D eigenvalue weighted by molar-refractivity contribution is 0.0334. The predicted molar refractivity (Wildman–Crippen MR) is 66.4 cm³/mol. The molecule has 0 aromatic heterocycles. The SMILES string of the molecule is NCC1(C(O)c2ccccc2Cl)CCCC1. The largest absolute Gasteiger partial charge is 0.388 e. The summed E-state index contributed by atoms with van der Waals surface area (Å²) >= 11 is 6.12. The minimum atomic E-state index is -0.534. The maximum atomic E-state index is 10.5. The van der Waals surface area contributed by atoms with E-state index in [2.05, 4.69) is 0 Å². The number of rotatable bonds is 3. The summed E-state index contributed by atoms with van der Waals surface area (Å²) in [6, 6.07) is 7.49. The van der Waals surface area contributed by atoms with Crippen molar-refractivity contribution in [3.8, 4) is 0 Å². The van der Waals surface area contributed by atoms with Gasteiger partial charge in [-0.2, -0.15) is 0 Å². The average Bonchev–Trinajstić information content (AvgIpc) is 2.78. The predicted octanol–water partition coefficient (Wildman–Crippen LogP) is 2.89. The van der Waals surface area contributed by atoms with E-state index in [1.54, 1.807) is 0 Å². The molecule has 1 aromatic rings. The Hall–Kier alpha value is -0.570. The molecule has 1 aliphatic carbocycles. The monoisotopic (exact) mass is 239 g/mol. The lowest BCUT2D eigenvalue weighted by Gasteiger charge is -2.33. The molecule has 2 nitrogen and oxygen atoms in total. The molecular weight excluding hydrogens is 222 g/mol. The zero-order valence-corrected chi connectivity index (χ0v) is 10.1. The maximum absolute atomic E-state index is 10.5. The number of benzene rings is 1. The van der Waals surface area contributed by atoms with Gasteiger partial charge in [0.25, 0.3) is 0 Å². The van der Waals surface area contributed by atoms with E-state index in [9.17, 15) is 5.11 Å². The van der Waals surface area contributed by atoms with Gasteiger partial charge in [0.15, 0.2) is 0 Å². The fraction of sp³-hybridized carbons (Fsp3) is 0.538.